The van der Waals surface area contributed by atoms with Crippen molar-refractivity contribution in [3.05, 3.63) is 65.7 Å². The summed E-state index contributed by atoms with van der Waals surface area (Å²) in [6.45, 7) is 13.1. The molecule has 29 heavy (non-hydrogen) atoms. The van der Waals surface area contributed by atoms with Crippen LogP contribution in [-0.2, 0) is 13.0 Å². The second-order valence-electron chi connectivity index (χ2n) is 5.88. The zero-order chi connectivity index (χ0) is 22.5. The first kappa shape index (κ1) is 28.5. The van der Waals surface area contributed by atoms with Gasteiger partial charge in [-0.15, -0.1) is 18.8 Å². The summed E-state index contributed by atoms with van der Waals surface area (Å²) in [6.07, 6.45) is 10.9. The molecule has 2 rings (SSSR count). The fourth-order valence-corrected chi connectivity index (χ4v) is 2.26. The van der Waals surface area contributed by atoms with Crippen LogP contribution in [0.25, 0.3) is 0 Å². The summed E-state index contributed by atoms with van der Waals surface area (Å²) in [5.74, 6) is 5.83. The third-order valence-electron chi connectivity index (χ3n) is 3.80. The van der Waals surface area contributed by atoms with Gasteiger partial charge in [-0.3, -0.25) is 4.90 Å². The van der Waals surface area contributed by atoms with E-state index in [1.54, 1.807) is 6.92 Å². The molecule has 0 saturated heterocycles. The lowest BCUT2D eigenvalue weighted by Gasteiger charge is -2.22. The molecule has 1 unspecified atom stereocenters. The third kappa shape index (κ3) is 14.0. The Morgan fingerprint density at radius 2 is 1.41 bits per heavy atom. The Kier molecular flexibility index (Phi) is 19.7. The van der Waals surface area contributed by atoms with Gasteiger partial charge in [0, 0.05) is 6.04 Å². The standard InChI is InChI=1S/C20H23NO.C3H4.2C2H6/c1-4-14-21(3)17(2)15-18-10-12-20(13-11-18)22-16-19-8-6-5-7-9-19;1-3-2;2*1-2/h1,5-13,17H,14-16H2,2-3H3;1H,2H3;2*1-2H3. The molecule has 0 spiro atoms. The van der Waals surface area contributed by atoms with Crippen LogP contribution in [0, 0.1) is 24.7 Å². The molecule has 0 fully saturated rings. The van der Waals surface area contributed by atoms with Crippen molar-refractivity contribution in [1.29, 1.82) is 0 Å². The van der Waals surface area contributed by atoms with Crippen molar-refractivity contribution in [2.75, 3.05) is 13.6 Å². The summed E-state index contributed by atoms with van der Waals surface area (Å²) in [4.78, 5) is 2.18. The Balaban J connectivity index is 0. The normalized spacial score (nSPS) is 9.72. The molecule has 2 nitrogen and oxygen atoms in total. The Labute approximate surface area is 180 Å². The van der Waals surface area contributed by atoms with Crippen LogP contribution < -0.4 is 4.74 Å². The van der Waals surface area contributed by atoms with E-state index in [9.17, 15) is 0 Å². The highest BCUT2D eigenvalue weighted by molar-refractivity contribution is 5.28. The van der Waals surface area contributed by atoms with Crippen LogP contribution in [0.5, 0.6) is 5.75 Å². The largest absolute Gasteiger partial charge is 0.489 e. The monoisotopic (exact) mass is 393 g/mol. The van der Waals surface area contributed by atoms with Crippen LogP contribution in [-0.4, -0.2) is 24.5 Å². The first-order valence-electron chi connectivity index (χ1n) is 10.4. The van der Waals surface area contributed by atoms with Crippen LogP contribution >= 0.6 is 0 Å². The molecule has 1 atom stereocenters. The smallest absolute Gasteiger partial charge is 0.119 e. The maximum absolute atomic E-state index is 5.80. The van der Waals surface area contributed by atoms with Crippen molar-refractivity contribution in [1.82, 2.24) is 4.90 Å². The fraction of sp³-hybridized carbons (Fsp3) is 0.407. The van der Waals surface area contributed by atoms with Crippen LogP contribution in [0.4, 0.5) is 0 Å². The van der Waals surface area contributed by atoms with Crippen molar-refractivity contribution in [3.63, 3.8) is 0 Å². The average Bonchev–Trinajstić information content (AvgIpc) is 2.77. The van der Waals surface area contributed by atoms with E-state index in [0.717, 1.165) is 12.2 Å². The Hall–Kier alpha value is -2.68. The molecule has 2 heteroatoms. The summed E-state index contributed by atoms with van der Waals surface area (Å²) in [6, 6.07) is 18.9. The van der Waals surface area contributed by atoms with E-state index >= 15 is 0 Å². The first-order chi connectivity index (χ1) is 14.1. The van der Waals surface area contributed by atoms with Gasteiger partial charge in [0.1, 0.15) is 12.4 Å². The maximum atomic E-state index is 5.80. The van der Waals surface area contributed by atoms with Crippen LogP contribution in [0.2, 0.25) is 0 Å². The summed E-state index contributed by atoms with van der Waals surface area (Å²) >= 11 is 0. The Morgan fingerprint density at radius 1 is 0.897 bits per heavy atom. The quantitative estimate of drug-likeness (QED) is 0.501. The Bertz CT molecular complexity index is 677. The van der Waals surface area contributed by atoms with E-state index in [-0.39, 0.29) is 0 Å². The molecule has 0 N–H and O–H groups in total. The van der Waals surface area contributed by atoms with E-state index in [4.69, 9.17) is 11.2 Å². The Morgan fingerprint density at radius 3 is 1.90 bits per heavy atom. The van der Waals surface area contributed by atoms with Gasteiger partial charge in [0.2, 0.25) is 0 Å². The molecule has 0 heterocycles. The number of terminal acetylenes is 2. The number of ether oxygens (including phenoxy) is 1. The second-order valence-corrected chi connectivity index (χ2v) is 5.88. The molecular formula is C27H39NO. The molecule has 0 radical (unpaired) electrons. The number of rotatable bonds is 7. The van der Waals surface area contributed by atoms with E-state index in [2.05, 4.69) is 61.4 Å². The molecule has 158 valence electrons. The van der Waals surface area contributed by atoms with Crippen LogP contribution in [0.15, 0.2) is 54.6 Å². The minimum Gasteiger partial charge on any atom is -0.489 e. The number of hydrogen-bond donors (Lipinski definition) is 0. The SMILES string of the molecule is C#CC.C#CCN(C)C(C)Cc1ccc(OCc2ccccc2)cc1.CC.CC. The van der Waals surface area contributed by atoms with Crippen LogP contribution in [0.1, 0.15) is 52.7 Å². The van der Waals surface area contributed by atoms with E-state index in [1.807, 2.05) is 58.0 Å². The zero-order valence-electron chi connectivity index (χ0n) is 19.4. The van der Waals surface area contributed by atoms with Gasteiger partial charge in [-0.05, 0) is 50.6 Å². The third-order valence-corrected chi connectivity index (χ3v) is 3.80. The summed E-state index contributed by atoms with van der Waals surface area (Å²) in [7, 11) is 2.06. The number of likely N-dealkylation sites (N-methyl/N-ethyl adjacent to an activating group) is 1. The van der Waals surface area contributed by atoms with Gasteiger partial charge in [-0.1, -0.05) is 76.1 Å². The zero-order valence-corrected chi connectivity index (χ0v) is 19.4. The van der Waals surface area contributed by atoms with E-state index in [1.165, 1.54) is 11.1 Å². The predicted molar refractivity (Wildman–Crippen MR) is 129 cm³/mol. The van der Waals surface area contributed by atoms with Gasteiger partial charge in [0.15, 0.2) is 0 Å². The molecule has 0 aliphatic rings. The molecule has 0 saturated carbocycles. The first-order valence-corrected chi connectivity index (χ1v) is 10.4. The number of benzene rings is 2. The molecule has 0 aromatic heterocycles. The van der Waals surface area contributed by atoms with Crippen molar-refractivity contribution in [3.8, 4) is 30.4 Å². The highest BCUT2D eigenvalue weighted by atomic mass is 16.5. The van der Waals surface area contributed by atoms with Crippen molar-refractivity contribution in [2.45, 2.75) is 60.6 Å². The maximum Gasteiger partial charge on any atom is 0.119 e. The van der Waals surface area contributed by atoms with Gasteiger partial charge >= 0.3 is 0 Å². The topological polar surface area (TPSA) is 12.5 Å². The molecular weight excluding hydrogens is 354 g/mol. The molecule has 0 aliphatic heterocycles. The summed E-state index contributed by atoms with van der Waals surface area (Å²) in [5.41, 5.74) is 2.47. The van der Waals surface area contributed by atoms with Crippen molar-refractivity contribution in [2.24, 2.45) is 0 Å². The van der Waals surface area contributed by atoms with E-state index < -0.39 is 0 Å². The minimum absolute atomic E-state index is 0.423. The van der Waals surface area contributed by atoms with Gasteiger partial charge < -0.3 is 4.74 Å². The highest BCUT2D eigenvalue weighted by Crippen LogP contribution is 2.16. The second kappa shape index (κ2) is 20.1. The van der Waals surface area contributed by atoms with E-state index in [0.29, 0.717) is 19.2 Å². The minimum atomic E-state index is 0.423. The van der Waals surface area contributed by atoms with Gasteiger partial charge in [0.05, 0.1) is 6.54 Å². The molecule has 2 aromatic rings. The van der Waals surface area contributed by atoms with Crippen molar-refractivity contribution < 1.29 is 4.74 Å². The lowest BCUT2D eigenvalue weighted by atomic mass is 10.1. The average molecular weight is 394 g/mol. The highest BCUT2D eigenvalue weighted by Gasteiger charge is 2.08. The molecule has 0 amide bonds. The fourth-order valence-electron chi connectivity index (χ4n) is 2.26. The van der Waals surface area contributed by atoms with Gasteiger partial charge in [-0.2, -0.15) is 0 Å². The van der Waals surface area contributed by atoms with Gasteiger partial charge in [0.25, 0.3) is 0 Å². The number of hydrogen-bond acceptors (Lipinski definition) is 2. The number of nitrogens with zero attached hydrogens (tertiary/aromatic N) is 1. The molecule has 0 bridgehead atoms. The predicted octanol–water partition coefficient (Wildman–Crippen LogP) is 6.45. The summed E-state index contributed by atoms with van der Waals surface area (Å²) in [5, 5.41) is 0. The lowest BCUT2D eigenvalue weighted by molar-refractivity contribution is 0.286. The molecule has 0 aliphatic carbocycles. The summed E-state index contributed by atoms with van der Waals surface area (Å²) < 4.78 is 5.80. The van der Waals surface area contributed by atoms with Gasteiger partial charge in [-0.25, -0.2) is 0 Å². The van der Waals surface area contributed by atoms with Crippen molar-refractivity contribution >= 4 is 0 Å². The molecule has 2 aromatic carbocycles. The lowest BCUT2D eigenvalue weighted by Crippen LogP contribution is -2.31. The van der Waals surface area contributed by atoms with Crippen LogP contribution in [0.3, 0.4) is 0 Å².